The molecular formula is C14H27N3O2. The largest absolute Gasteiger partial charge is 0.389 e. The van der Waals surface area contributed by atoms with E-state index in [-0.39, 0.29) is 6.03 Å². The van der Waals surface area contributed by atoms with E-state index in [1.807, 2.05) is 4.90 Å². The van der Waals surface area contributed by atoms with E-state index in [1.54, 1.807) is 19.0 Å². The van der Waals surface area contributed by atoms with Crippen LogP contribution in [0.3, 0.4) is 0 Å². The van der Waals surface area contributed by atoms with E-state index in [9.17, 15) is 9.90 Å². The predicted molar refractivity (Wildman–Crippen MR) is 75.1 cm³/mol. The van der Waals surface area contributed by atoms with Crippen LogP contribution in [0.1, 0.15) is 32.1 Å². The highest BCUT2D eigenvalue weighted by Gasteiger charge is 2.33. The molecule has 0 atom stereocenters. The summed E-state index contributed by atoms with van der Waals surface area (Å²) >= 11 is 0. The summed E-state index contributed by atoms with van der Waals surface area (Å²) in [7, 11) is 3.58. The highest BCUT2D eigenvalue weighted by Crippen LogP contribution is 2.29. The molecule has 0 spiro atoms. The minimum atomic E-state index is -0.480. The predicted octanol–water partition coefficient (Wildman–Crippen LogP) is 0.981. The van der Waals surface area contributed by atoms with Crippen LogP contribution in [0.25, 0.3) is 0 Å². The van der Waals surface area contributed by atoms with E-state index >= 15 is 0 Å². The molecule has 1 heterocycles. The summed E-state index contributed by atoms with van der Waals surface area (Å²) in [5.74, 6) is 0. The number of hydrogen-bond donors (Lipinski definition) is 1. The standard InChI is InChI=1S/C14H27N3O2/c1-15(2)13(18)17-10-8-16(9-11-17)12-14(19)6-4-3-5-7-14/h19H,3-12H2,1-2H3. The van der Waals surface area contributed by atoms with Gasteiger partial charge in [0, 0.05) is 46.8 Å². The molecule has 2 amide bonds. The van der Waals surface area contributed by atoms with E-state index in [1.165, 1.54) is 6.42 Å². The summed E-state index contributed by atoms with van der Waals surface area (Å²) in [5.41, 5.74) is -0.480. The maximum Gasteiger partial charge on any atom is 0.319 e. The Labute approximate surface area is 116 Å². The molecule has 1 saturated carbocycles. The van der Waals surface area contributed by atoms with Gasteiger partial charge in [-0.3, -0.25) is 4.90 Å². The molecule has 110 valence electrons. The number of amides is 2. The number of rotatable bonds is 2. The van der Waals surface area contributed by atoms with Crippen molar-refractivity contribution in [2.45, 2.75) is 37.7 Å². The van der Waals surface area contributed by atoms with Gasteiger partial charge in [0.15, 0.2) is 0 Å². The Bertz CT molecular complexity index is 306. The van der Waals surface area contributed by atoms with Gasteiger partial charge in [-0.2, -0.15) is 0 Å². The first-order valence-corrected chi connectivity index (χ1v) is 7.41. The summed E-state index contributed by atoms with van der Waals surface area (Å²) in [6.07, 6.45) is 5.42. The third-order valence-corrected chi connectivity index (χ3v) is 4.33. The molecule has 5 nitrogen and oxygen atoms in total. The van der Waals surface area contributed by atoms with E-state index in [2.05, 4.69) is 4.90 Å². The number of aliphatic hydroxyl groups is 1. The summed E-state index contributed by atoms with van der Waals surface area (Å²) in [6, 6.07) is 0.0935. The molecule has 0 radical (unpaired) electrons. The summed E-state index contributed by atoms with van der Waals surface area (Å²) in [4.78, 5) is 17.7. The number of carbonyl (C=O) groups excluding carboxylic acids is 1. The molecule has 1 aliphatic heterocycles. The van der Waals surface area contributed by atoms with Crippen molar-refractivity contribution in [2.75, 3.05) is 46.8 Å². The second-order valence-electron chi connectivity index (χ2n) is 6.23. The van der Waals surface area contributed by atoms with Gasteiger partial charge in [0.25, 0.3) is 0 Å². The number of carbonyl (C=O) groups is 1. The first-order chi connectivity index (χ1) is 9.00. The topological polar surface area (TPSA) is 47.0 Å². The van der Waals surface area contributed by atoms with E-state index in [0.717, 1.165) is 58.4 Å². The van der Waals surface area contributed by atoms with Crippen LogP contribution in [0.15, 0.2) is 0 Å². The van der Waals surface area contributed by atoms with E-state index in [4.69, 9.17) is 0 Å². The number of β-amino-alcohol motifs (C(OH)–C–C–N with tert-alkyl or cyclic N) is 1. The number of nitrogens with zero attached hydrogens (tertiary/aromatic N) is 3. The molecule has 1 saturated heterocycles. The van der Waals surface area contributed by atoms with Gasteiger partial charge in [0.05, 0.1) is 5.60 Å². The second-order valence-corrected chi connectivity index (χ2v) is 6.23. The normalized spacial score (nSPS) is 24.3. The van der Waals surface area contributed by atoms with Gasteiger partial charge < -0.3 is 14.9 Å². The lowest BCUT2D eigenvalue weighted by atomic mass is 9.84. The van der Waals surface area contributed by atoms with E-state index < -0.39 is 5.60 Å². The number of piperazine rings is 1. The lowest BCUT2D eigenvalue weighted by Gasteiger charge is -2.41. The monoisotopic (exact) mass is 269 g/mol. The molecule has 2 fully saturated rings. The summed E-state index contributed by atoms with van der Waals surface area (Å²) < 4.78 is 0. The third-order valence-electron chi connectivity index (χ3n) is 4.33. The Balaban J connectivity index is 1.78. The number of urea groups is 1. The van der Waals surface area contributed by atoms with Gasteiger partial charge in [-0.1, -0.05) is 19.3 Å². The average molecular weight is 269 g/mol. The smallest absolute Gasteiger partial charge is 0.319 e. The van der Waals surface area contributed by atoms with Gasteiger partial charge in [0.2, 0.25) is 0 Å². The SMILES string of the molecule is CN(C)C(=O)N1CCN(CC2(O)CCCCC2)CC1. The Kier molecular flexibility index (Phi) is 4.68. The number of hydrogen-bond acceptors (Lipinski definition) is 3. The molecule has 0 aromatic heterocycles. The molecular weight excluding hydrogens is 242 g/mol. The fraction of sp³-hybridized carbons (Fsp3) is 0.929. The van der Waals surface area contributed by atoms with Crippen LogP contribution in [-0.4, -0.2) is 78.3 Å². The highest BCUT2D eigenvalue weighted by molar-refractivity contribution is 5.73. The molecule has 0 aromatic rings. The molecule has 5 heteroatoms. The molecule has 0 bridgehead atoms. The van der Waals surface area contributed by atoms with Crippen molar-refractivity contribution in [3.8, 4) is 0 Å². The van der Waals surface area contributed by atoms with Crippen molar-refractivity contribution in [1.29, 1.82) is 0 Å². The van der Waals surface area contributed by atoms with Crippen LogP contribution in [0.5, 0.6) is 0 Å². The second kappa shape index (κ2) is 6.09. The maximum atomic E-state index is 11.8. The maximum absolute atomic E-state index is 11.8. The lowest BCUT2D eigenvalue weighted by molar-refractivity contribution is -0.0335. The highest BCUT2D eigenvalue weighted by atomic mass is 16.3. The van der Waals surface area contributed by atoms with Crippen molar-refractivity contribution in [3.63, 3.8) is 0 Å². The zero-order chi connectivity index (χ0) is 13.9. The Morgan fingerprint density at radius 2 is 1.68 bits per heavy atom. The first kappa shape index (κ1) is 14.6. The van der Waals surface area contributed by atoms with Crippen LogP contribution < -0.4 is 0 Å². The summed E-state index contributed by atoms with van der Waals surface area (Å²) in [5, 5.41) is 10.6. The van der Waals surface area contributed by atoms with Crippen molar-refractivity contribution in [1.82, 2.24) is 14.7 Å². The van der Waals surface area contributed by atoms with Gasteiger partial charge in [-0.15, -0.1) is 0 Å². The molecule has 1 N–H and O–H groups in total. The Hall–Kier alpha value is -0.810. The first-order valence-electron chi connectivity index (χ1n) is 7.41. The van der Waals surface area contributed by atoms with Gasteiger partial charge in [0.1, 0.15) is 0 Å². The molecule has 2 aliphatic rings. The average Bonchev–Trinajstić information content (AvgIpc) is 2.39. The van der Waals surface area contributed by atoms with E-state index in [0.29, 0.717) is 0 Å². The van der Waals surface area contributed by atoms with Crippen LogP contribution >= 0.6 is 0 Å². The zero-order valence-electron chi connectivity index (χ0n) is 12.3. The Morgan fingerprint density at radius 3 is 2.21 bits per heavy atom. The van der Waals surface area contributed by atoms with Crippen LogP contribution in [0, 0.1) is 0 Å². The minimum absolute atomic E-state index is 0.0935. The fourth-order valence-corrected chi connectivity index (χ4v) is 3.16. The van der Waals surface area contributed by atoms with Gasteiger partial charge in [-0.25, -0.2) is 4.79 Å². The summed E-state index contributed by atoms with van der Waals surface area (Å²) in [6.45, 7) is 4.07. The van der Waals surface area contributed by atoms with Crippen molar-refractivity contribution in [2.24, 2.45) is 0 Å². The molecule has 0 unspecified atom stereocenters. The zero-order valence-corrected chi connectivity index (χ0v) is 12.3. The lowest BCUT2D eigenvalue weighted by Crippen LogP contribution is -2.55. The third kappa shape index (κ3) is 3.83. The van der Waals surface area contributed by atoms with Crippen LogP contribution in [0.4, 0.5) is 4.79 Å². The van der Waals surface area contributed by atoms with Crippen LogP contribution in [0.2, 0.25) is 0 Å². The van der Waals surface area contributed by atoms with Crippen LogP contribution in [-0.2, 0) is 0 Å². The minimum Gasteiger partial charge on any atom is -0.389 e. The quantitative estimate of drug-likeness (QED) is 0.813. The Morgan fingerprint density at radius 1 is 1.11 bits per heavy atom. The molecule has 1 aliphatic carbocycles. The van der Waals surface area contributed by atoms with Gasteiger partial charge in [-0.05, 0) is 12.8 Å². The molecule has 2 rings (SSSR count). The van der Waals surface area contributed by atoms with Crippen molar-refractivity contribution in [3.05, 3.63) is 0 Å². The molecule has 19 heavy (non-hydrogen) atoms. The fourth-order valence-electron chi connectivity index (χ4n) is 3.16. The van der Waals surface area contributed by atoms with Gasteiger partial charge >= 0.3 is 6.03 Å². The van der Waals surface area contributed by atoms with Crippen molar-refractivity contribution >= 4 is 6.03 Å². The van der Waals surface area contributed by atoms with Crippen molar-refractivity contribution < 1.29 is 9.90 Å². The molecule has 0 aromatic carbocycles.